The summed E-state index contributed by atoms with van der Waals surface area (Å²) in [6.45, 7) is 3.50. The molecule has 8 heteroatoms. The van der Waals surface area contributed by atoms with Gasteiger partial charge in [-0.1, -0.05) is 12.1 Å². The maximum Gasteiger partial charge on any atom is 0.422 e. The lowest BCUT2D eigenvalue weighted by Crippen LogP contribution is -2.27. The monoisotopic (exact) mass is 394 g/mol. The summed E-state index contributed by atoms with van der Waals surface area (Å²) >= 11 is 0. The van der Waals surface area contributed by atoms with E-state index in [0.29, 0.717) is 22.5 Å². The Labute approximate surface area is 160 Å². The minimum absolute atomic E-state index is 0.0616. The minimum atomic E-state index is -4.42. The number of aryl methyl sites for hydroxylation is 1. The number of aromatic nitrogens is 1. The van der Waals surface area contributed by atoms with E-state index < -0.39 is 18.8 Å². The number of nitrogens with zero attached hydrogens (tertiary/aromatic N) is 1. The van der Waals surface area contributed by atoms with E-state index in [2.05, 4.69) is 10.3 Å². The summed E-state index contributed by atoms with van der Waals surface area (Å²) in [5.41, 5.74) is 2.08. The van der Waals surface area contributed by atoms with Crippen molar-refractivity contribution < 1.29 is 27.5 Å². The molecule has 1 amide bonds. The Morgan fingerprint density at radius 3 is 2.57 bits per heavy atom. The van der Waals surface area contributed by atoms with Crippen LogP contribution in [-0.2, 0) is 11.2 Å². The molecule has 2 aromatic rings. The van der Waals surface area contributed by atoms with Gasteiger partial charge in [-0.15, -0.1) is 0 Å². The number of ketones is 1. The Hall–Kier alpha value is -2.90. The fourth-order valence-electron chi connectivity index (χ4n) is 2.62. The highest BCUT2D eigenvalue weighted by Gasteiger charge is 2.28. The second-order valence-electron chi connectivity index (χ2n) is 6.54. The number of pyridine rings is 1. The number of nitrogens with one attached hydrogen (secondary N) is 1. The SMILES string of the molecule is CC(=O)Cc1cc(C(=O)NC(C)c2cccc(OCC(F)(F)F)c2)cc(C)n1. The first-order valence-electron chi connectivity index (χ1n) is 8.61. The van der Waals surface area contributed by atoms with E-state index in [4.69, 9.17) is 4.74 Å². The molecule has 0 bridgehead atoms. The molecular weight excluding hydrogens is 373 g/mol. The van der Waals surface area contributed by atoms with E-state index in [0.717, 1.165) is 0 Å². The molecule has 1 atom stereocenters. The van der Waals surface area contributed by atoms with Gasteiger partial charge in [0.25, 0.3) is 5.91 Å². The molecule has 1 aromatic heterocycles. The summed E-state index contributed by atoms with van der Waals surface area (Å²) in [5.74, 6) is -0.364. The Balaban J connectivity index is 2.10. The van der Waals surface area contributed by atoms with Crippen molar-refractivity contribution in [2.45, 2.75) is 39.4 Å². The summed E-state index contributed by atoms with van der Waals surface area (Å²) in [6.07, 6.45) is -4.29. The van der Waals surface area contributed by atoms with Crippen molar-refractivity contribution in [2.24, 2.45) is 0 Å². The summed E-state index contributed by atoms with van der Waals surface area (Å²) in [6, 6.07) is 8.81. The number of amides is 1. The lowest BCUT2D eigenvalue weighted by atomic mass is 10.1. The third kappa shape index (κ3) is 6.68. The molecule has 1 aromatic carbocycles. The third-order valence-electron chi connectivity index (χ3n) is 3.81. The van der Waals surface area contributed by atoms with E-state index in [1.165, 1.54) is 19.1 Å². The van der Waals surface area contributed by atoms with Gasteiger partial charge in [-0.2, -0.15) is 13.2 Å². The highest BCUT2D eigenvalue weighted by molar-refractivity contribution is 5.94. The number of ether oxygens (including phenoxy) is 1. The van der Waals surface area contributed by atoms with Crippen molar-refractivity contribution in [3.63, 3.8) is 0 Å². The van der Waals surface area contributed by atoms with E-state index in [1.807, 2.05) is 0 Å². The van der Waals surface area contributed by atoms with Crippen molar-refractivity contribution in [1.29, 1.82) is 0 Å². The number of Topliss-reactive ketones (excluding diaryl/α,β-unsaturated/α-hetero) is 1. The second-order valence-corrected chi connectivity index (χ2v) is 6.54. The van der Waals surface area contributed by atoms with Gasteiger partial charge < -0.3 is 10.1 Å². The van der Waals surface area contributed by atoms with Crippen molar-refractivity contribution >= 4 is 11.7 Å². The van der Waals surface area contributed by atoms with Crippen LogP contribution in [0.5, 0.6) is 5.75 Å². The van der Waals surface area contributed by atoms with Crippen LogP contribution in [0.15, 0.2) is 36.4 Å². The van der Waals surface area contributed by atoms with Gasteiger partial charge in [-0.25, -0.2) is 0 Å². The van der Waals surface area contributed by atoms with Gasteiger partial charge in [0, 0.05) is 23.4 Å². The number of benzene rings is 1. The molecule has 1 heterocycles. The Morgan fingerprint density at radius 1 is 1.21 bits per heavy atom. The Kier molecular flexibility index (Phi) is 6.77. The molecule has 0 fully saturated rings. The molecule has 1 unspecified atom stereocenters. The number of halogens is 3. The standard InChI is InChI=1S/C20H21F3N2O3/c1-12-7-16(9-17(24-12)8-13(2)26)19(27)25-14(3)15-5-4-6-18(10-15)28-11-20(21,22)23/h4-7,9-10,14H,8,11H2,1-3H3,(H,25,27). The molecule has 2 rings (SSSR count). The predicted molar refractivity (Wildman–Crippen MR) is 97.2 cm³/mol. The summed E-state index contributed by atoms with van der Waals surface area (Å²) in [5, 5.41) is 2.79. The molecule has 0 aliphatic rings. The highest BCUT2D eigenvalue weighted by Crippen LogP contribution is 2.22. The second kappa shape index (κ2) is 8.86. The Bertz CT molecular complexity index is 866. The van der Waals surface area contributed by atoms with E-state index >= 15 is 0 Å². The minimum Gasteiger partial charge on any atom is -0.484 e. The highest BCUT2D eigenvalue weighted by atomic mass is 19.4. The molecule has 0 aliphatic carbocycles. The number of rotatable bonds is 7. The van der Waals surface area contributed by atoms with Crippen LogP contribution in [0.1, 0.15) is 47.2 Å². The van der Waals surface area contributed by atoms with Gasteiger partial charge in [0.15, 0.2) is 6.61 Å². The van der Waals surface area contributed by atoms with Crippen LogP contribution in [0, 0.1) is 6.92 Å². The molecule has 150 valence electrons. The lowest BCUT2D eigenvalue weighted by molar-refractivity contribution is -0.153. The molecular formula is C20H21F3N2O3. The normalized spacial score (nSPS) is 12.4. The fraction of sp³-hybridized carbons (Fsp3) is 0.350. The van der Waals surface area contributed by atoms with E-state index in [1.54, 1.807) is 38.1 Å². The van der Waals surface area contributed by atoms with Crippen LogP contribution in [0.25, 0.3) is 0 Å². The molecule has 0 aliphatic heterocycles. The van der Waals surface area contributed by atoms with Gasteiger partial charge in [0.2, 0.25) is 0 Å². The summed E-state index contributed by atoms with van der Waals surface area (Å²) in [7, 11) is 0. The van der Waals surface area contributed by atoms with Crippen LogP contribution in [0.3, 0.4) is 0 Å². The average Bonchev–Trinajstić information content (AvgIpc) is 2.58. The van der Waals surface area contributed by atoms with Crippen molar-refractivity contribution in [1.82, 2.24) is 10.3 Å². The van der Waals surface area contributed by atoms with Gasteiger partial charge >= 0.3 is 6.18 Å². The largest absolute Gasteiger partial charge is 0.484 e. The van der Waals surface area contributed by atoms with Crippen LogP contribution < -0.4 is 10.1 Å². The predicted octanol–water partition coefficient (Wildman–Crippen LogP) is 3.95. The average molecular weight is 394 g/mol. The van der Waals surface area contributed by atoms with Crippen molar-refractivity contribution in [2.75, 3.05) is 6.61 Å². The number of carbonyl (C=O) groups excluding carboxylic acids is 2. The molecule has 0 radical (unpaired) electrons. The molecule has 1 N–H and O–H groups in total. The first kappa shape index (κ1) is 21.4. The topological polar surface area (TPSA) is 68.3 Å². The molecule has 5 nitrogen and oxygen atoms in total. The summed E-state index contributed by atoms with van der Waals surface area (Å²) < 4.78 is 41.6. The van der Waals surface area contributed by atoms with Crippen molar-refractivity contribution in [3.05, 3.63) is 58.9 Å². The quantitative estimate of drug-likeness (QED) is 0.772. The van der Waals surface area contributed by atoms with Gasteiger partial charge in [-0.3, -0.25) is 14.6 Å². The van der Waals surface area contributed by atoms with Crippen LogP contribution in [-0.4, -0.2) is 29.5 Å². The molecule has 28 heavy (non-hydrogen) atoms. The van der Waals surface area contributed by atoms with E-state index in [9.17, 15) is 22.8 Å². The fourth-order valence-corrected chi connectivity index (χ4v) is 2.62. The smallest absolute Gasteiger partial charge is 0.422 e. The zero-order valence-corrected chi connectivity index (χ0v) is 15.8. The van der Waals surface area contributed by atoms with Gasteiger partial charge in [0.05, 0.1) is 6.04 Å². The first-order chi connectivity index (χ1) is 13.0. The number of alkyl halides is 3. The molecule has 0 spiro atoms. The zero-order valence-electron chi connectivity index (χ0n) is 15.8. The van der Waals surface area contributed by atoms with Crippen molar-refractivity contribution in [3.8, 4) is 5.75 Å². The summed E-state index contributed by atoms with van der Waals surface area (Å²) in [4.78, 5) is 28.1. The maximum absolute atomic E-state index is 12.6. The number of hydrogen-bond donors (Lipinski definition) is 1. The van der Waals surface area contributed by atoms with Crippen LogP contribution in [0.4, 0.5) is 13.2 Å². The zero-order chi connectivity index (χ0) is 20.9. The molecule has 0 saturated heterocycles. The Morgan fingerprint density at radius 2 is 1.93 bits per heavy atom. The maximum atomic E-state index is 12.6. The lowest BCUT2D eigenvalue weighted by Gasteiger charge is -2.16. The van der Waals surface area contributed by atoms with Gasteiger partial charge in [-0.05, 0) is 50.6 Å². The first-order valence-corrected chi connectivity index (χ1v) is 8.61. The number of hydrogen-bond acceptors (Lipinski definition) is 4. The van der Waals surface area contributed by atoms with Crippen LogP contribution >= 0.6 is 0 Å². The van der Waals surface area contributed by atoms with E-state index in [-0.39, 0.29) is 23.9 Å². The van der Waals surface area contributed by atoms with Gasteiger partial charge in [0.1, 0.15) is 11.5 Å². The number of carbonyl (C=O) groups is 2. The van der Waals surface area contributed by atoms with Crippen LogP contribution in [0.2, 0.25) is 0 Å². The molecule has 0 saturated carbocycles. The third-order valence-corrected chi connectivity index (χ3v) is 3.81.